The molecule has 1 atom stereocenters. The molecule has 0 spiro atoms. The molecule has 1 aliphatic rings. The summed E-state index contributed by atoms with van der Waals surface area (Å²) >= 11 is 1.08. The number of morpholine rings is 1. The van der Waals surface area contributed by atoms with Gasteiger partial charge in [-0.05, 0) is 27.2 Å². The first-order chi connectivity index (χ1) is 25.9. The fraction of sp³-hybridized carbons (Fsp3) is 0.744. The van der Waals surface area contributed by atoms with Crippen molar-refractivity contribution in [3.05, 3.63) is 24.3 Å². The number of rotatable bonds is 28. The minimum atomic E-state index is -1.26. The first-order valence-electron chi connectivity index (χ1n) is 19.6. The number of aromatic nitrogens is 2. The van der Waals surface area contributed by atoms with Gasteiger partial charge in [-0.25, -0.2) is 19.2 Å². The van der Waals surface area contributed by atoms with Gasteiger partial charge in [-0.3, -0.25) is 0 Å². The number of hydrogen-bond donors (Lipinski definition) is 3. The van der Waals surface area contributed by atoms with Crippen molar-refractivity contribution in [2.24, 2.45) is 0 Å². The zero-order chi connectivity index (χ0) is 39.9. The molecular formula is C39H66N4O10S. The monoisotopic (exact) mass is 782 g/mol. The molecular weight excluding hydrogens is 717 g/mol. The number of carboxylic acids is 2. The molecule has 1 aliphatic heterocycles. The number of carboxylic acid groups (broad SMARTS) is 2. The normalized spacial score (nSPS) is 13.7. The fourth-order valence-electron chi connectivity index (χ4n) is 5.31. The van der Waals surface area contributed by atoms with Crippen LogP contribution in [-0.4, -0.2) is 101 Å². The second-order valence-electron chi connectivity index (χ2n) is 14.3. The Kier molecular flexibility index (Phi) is 27.6. The maximum absolute atomic E-state index is 12.5. The van der Waals surface area contributed by atoms with Crippen molar-refractivity contribution in [2.45, 2.75) is 142 Å². The van der Waals surface area contributed by atoms with Crippen molar-refractivity contribution < 1.29 is 48.3 Å². The molecule has 2 rings (SSSR count). The number of esters is 2. The van der Waals surface area contributed by atoms with E-state index in [2.05, 4.69) is 25.9 Å². The SMILES string of the molecule is CCCCCCCCCCCCCCCCCCOC(=O)/C=C\C(=O)O[C@@H](CNC(C)(C)C)COc1nsnc1N1CCOCC1.O=C(O)/C=C\C(=O)O. The number of unbranched alkanes of at least 4 members (excludes halogenated alkanes) is 15. The lowest BCUT2D eigenvalue weighted by molar-refractivity contribution is -0.145. The van der Waals surface area contributed by atoms with Crippen molar-refractivity contribution in [3.63, 3.8) is 0 Å². The van der Waals surface area contributed by atoms with Crippen LogP contribution in [0.4, 0.5) is 5.82 Å². The van der Waals surface area contributed by atoms with E-state index in [1.165, 1.54) is 83.5 Å². The molecule has 0 amide bonds. The van der Waals surface area contributed by atoms with Crippen molar-refractivity contribution in [1.29, 1.82) is 0 Å². The molecule has 0 radical (unpaired) electrons. The molecule has 3 N–H and O–H groups in total. The Hall–Kier alpha value is -3.56. The predicted octanol–water partition coefficient (Wildman–Crippen LogP) is 7.13. The van der Waals surface area contributed by atoms with Crippen molar-refractivity contribution in [1.82, 2.24) is 14.1 Å². The molecule has 1 fully saturated rings. The molecule has 54 heavy (non-hydrogen) atoms. The number of nitrogens with zero attached hydrogens (tertiary/aromatic N) is 3. The van der Waals surface area contributed by atoms with Crippen LogP contribution in [0.5, 0.6) is 5.88 Å². The molecule has 1 aromatic heterocycles. The summed E-state index contributed by atoms with van der Waals surface area (Å²) in [6, 6.07) is 0. The van der Waals surface area contributed by atoms with Gasteiger partial charge in [0.25, 0.3) is 5.88 Å². The Morgan fingerprint density at radius 1 is 0.778 bits per heavy atom. The van der Waals surface area contributed by atoms with Crippen LogP contribution in [0.1, 0.15) is 130 Å². The Morgan fingerprint density at radius 2 is 1.28 bits per heavy atom. The van der Waals surface area contributed by atoms with Gasteiger partial charge in [0.05, 0.1) is 31.5 Å². The van der Waals surface area contributed by atoms with Gasteiger partial charge in [-0.1, -0.05) is 103 Å². The van der Waals surface area contributed by atoms with E-state index in [4.69, 9.17) is 29.2 Å². The highest BCUT2D eigenvalue weighted by molar-refractivity contribution is 6.99. The Labute approximate surface area is 326 Å². The Morgan fingerprint density at radius 3 is 1.78 bits per heavy atom. The van der Waals surface area contributed by atoms with Gasteiger partial charge < -0.3 is 39.4 Å². The number of hydrogen-bond acceptors (Lipinski definition) is 13. The lowest BCUT2D eigenvalue weighted by Crippen LogP contribution is -2.44. The van der Waals surface area contributed by atoms with E-state index in [-0.39, 0.29) is 12.1 Å². The number of ether oxygens (including phenoxy) is 4. The predicted molar refractivity (Wildman–Crippen MR) is 210 cm³/mol. The summed E-state index contributed by atoms with van der Waals surface area (Å²) in [5.41, 5.74) is -0.182. The lowest BCUT2D eigenvalue weighted by atomic mass is 10.0. The summed E-state index contributed by atoms with van der Waals surface area (Å²) in [6.07, 6.45) is 23.5. The highest BCUT2D eigenvalue weighted by Gasteiger charge is 2.23. The molecule has 0 bridgehead atoms. The first kappa shape index (κ1) is 48.5. The molecule has 0 aromatic carbocycles. The zero-order valence-corrected chi connectivity index (χ0v) is 33.9. The van der Waals surface area contributed by atoms with E-state index in [1.807, 2.05) is 20.8 Å². The number of anilines is 1. The molecule has 14 nitrogen and oxygen atoms in total. The van der Waals surface area contributed by atoms with Crippen LogP contribution in [-0.2, 0) is 33.4 Å². The van der Waals surface area contributed by atoms with Crippen LogP contribution in [0, 0.1) is 0 Å². The summed E-state index contributed by atoms with van der Waals surface area (Å²) in [5, 5.41) is 19.0. The maximum Gasteiger partial charge on any atom is 0.331 e. The molecule has 0 saturated carbocycles. The van der Waals surface area contributed by atoms with Crippen LogP contribution in [0.25, 0.3) is 0 Å². The van der Waals surface area contributed by atoms with Gasteiger partial charge in [0, 0.05) is 49.5 Å². The number of carbonyl (C=O) groups is 4. The highest BCUT2D eigenvalue weighted by Crippen LogP contribution is 2.26. The van der Waals surface area contributed by atoms with Crippen molar-refractivity contribution in [3.8, 4) is 5.88 Å². The zero-order valence-electron chi connectivity index (χ0n) is 33.1. The summed E-state index contributed by atoms with van der Waals surface area (Å²) < 4.78 is 30.9. The average molecular weight is 783 g/mol. The van der Waals surface area contributed by atoms with E-state index < -0.39 is 30.0 Å². The first-order valence-corrected chi connectivity index (χ1v) is 20.4. The summed E-state index contributed by atoms with van der Waals surface area (Å²) in [4.78, 5) is 45.9. The van der Waals surface area contributed by atoms with Crippen LogP contribution < -0.4 is 15.0 Å². The van der Waals surface area contributed by atoms with Gasteiger partial charge in [0.15, 0.2) is 0 Å². The van der Waals surface area contributed by atoms with Gasteiger partial charge in [-0.15, -0.1) is 4.37 Å². The maximum atomic E-state index is 12.5. The quantitative estimate of drug-likeness (QED) is 0.0443. The minimum Gasteiger partial charge on any atom is -0.478 e. The molecule has 1 saturated heterocycles. The topological polar surface area (TPSA) is 187 Å². The highest BCUT2D eigenvalue weighted by atomic mass is 32.1. The average Bonchev–Trinajstić information content (AvgIpc) is 3.61. The number of nitrogens with one attached hydrogen (secondary N) is 1. The molecule has 15 heteroatoms. The van der Waals surface area contributed by atoms with Crippen LogP contribution in [0.3, 0.4) is 0 Å². The number of carbonyl (C=O) groups excluding carboxylic acids is 2. The van der Waals surface area contributed by atoms with Gasteiger partial charge in [0.1, 0.15) is 12.7 Å². The Bertz CT molecular complexity index is 1210. The third kappa shape index (κ3) is 28.0. The fourth-order valence-corrected chi connectivity index (χ4v) is 5.84. The second kappa shape index (κ2) is 30.7. The van der Waals surface area contributed by atoms with Crippen LogP contribution in [0.2, 0.25) is 0 Å². The van der Waals surface area contributed by atoms with Gasteiger partial charge in [0.2, 0.25) is 5.82 Å². The van der Waals surface area contributed by atoms with Gasteiger partial charge in [-0.2, -0.15) is 4.37 Å². The van der Waals surface area contributed by atoms with Crippen molar-refractivity contribution in [2.75, 3.05) is 51.0 Å². The van der Waals surface area contributed by atoms with E-state index >= 15 is 0 Å². The second-order valence-corrected chi connectivity index (χ2v) is 14.8. The smallest absolute Gasteiger partial charge is 0.331 e. The lowest BCUT2D eigenvalue weighted by Gasteiger charge is -2.27. The summed E-state index contributed by atoms with van der Waals surface area (Å²) in [7, 11) is 0. The van der Waals surface area contributed by atoms with Crippen LogP contribution in [0.15, 0.2) is 24.3 Å². The standard InChI is InChI=1S/C35H62N4O6S.C4H4O4/c1-5-6-7-8-9-10-11-12-13-14-15-16-17-18-19-20-25-43-31(40)21-22-32(41)45-30(28-36-35(2,3)4)29-44-34-33(37-46-38-34)39-23-26-42-27-24-39;5-3(6)1-2-4(7)8/h21-22,30,36H,5-20,23-29H2,1-4H3;1-2H,(H,5,6)(H,7,8)/b22-21-;2-1-/t30-;/m0./s1. The molecule has 0 unspecified atom stereocenters. The summed E-state index contributed by atoms with van der Waals surface area (Å²) in [6.45, 7) is 11.9. The summed E-state index contributed by atoms with van der Waals surface area (Å²) in [5.74, 6) is -2.60. The number of aliphatic carboxylic acids is 2. The molecule has 0 aliphatic carbocycles. The van der Waals surface area contributed by atoms with E-state index in [0.717, 1.165) is 43.1 Å². The van der Waals surface area contributed by atoms with Crippen LogP contribution >= 0.6 is 11.7 Å². The molecule has 2 heterocycles. The van der Waals surface area contributed by atoms with E-state index in [1.54, 1.807) is 0 Å². The van der Waals surface area contributed by atoms with Gasteiger partial charge >= 0.3 is 23.9 Å². The molecule has 1 aromatic rings. The third-order valence-corrected chi connectivity index (χ3v) is 8.77. The Balaban J connectivity index is 0.00000163. The van der Waals surface area contributed by atoms with E-state index in [9.17, 15) is 19.2 Å². The minimum absolute atomic E-state index is 0.0924. The van der Waals surface area contributed by atoms with E-state index in [0.29, 0.717) is 63.3 Å². The largest absolute Gasteiger partial charge is 0.478 e. The molecule has 308 valence electrons. The third-order valence-electron chi connectivity index (χ3n) is 8.27. The van der Waals surface area contributed by atoms with Crippen molar-refractivity contribution >= 4 is 41.4 Å².